The van der Waals surface area contributed by atoms with Crippen molar-refractivity contribution < 1.29 is 13.9 Å². The fourth-order valence-electron chi connectivity index (χ4n) is 3.49. The van der Waals surface area contributed by atoms with Crippen LogP contribution in [0, 0.1) is 5.82 Å². The van der Waals surface area contributed by atoms with Crippen LogP contribution in [-0.2, 0) is 19.6 Å². The SMILES string of the molecule is Fc1cccc2ccc(COc3ccc(OCc4ccccc4Cc4nnn[nH]4)cc3)nc12. The lowest BCUT2D eigenvalue weighted by Crippen LogP contribution is -2.02. The Morgan fingerprint density at radius 1 is 0.758 bits per heavy atom. The lowest BCUT2D eigenvalue weighted by atomic mass is 10.1. The van der Waals surface area contributed by atoms with Gasteiger partial charge in [-0.05, 0) is 58.0 Å². The molecule has 0 bridgehead atoms. The number of para-hydroxylation sites is 1. The van der Waals surface area contributed by atoms with Gasteiger partial charge in [0.2, 0.25) is 0 Å². The normalized spacial score (nSPS) is 10.9. The zero-order chi connectivity index (χ0) is 22.5. The molecule has 0 fully saturated rings. The van der Waals surface area contributed by atoms with Crippen LogP contribution < -0.4 is 9.47 Å². The number of fused-ring (bicyclic) bond motifs is 1. The van der Waals surface area contributed by atoms with Crippen LogP contribution in [0.15, 0.2) is 78.9 Å². The van der Waals surface area contributed by atoms with Crippen LogP contribution in [0.3, 0.4) is 0 Å². The third-order valence-corrected chi connectivity index (χ3v) is 5.20. The van der Waals surface area contributed by atoms with E-state index in [4.69, 9.17) is 9.47 Å². The van der Waals surface area contributed by atoms with Gasteiger partial charge in [0, 0.05) is 11.8 Å². The summed E-state index contributed by atoms with van der Waals surface area (Å²) in [6.45, 7) is 0.666. The van der Waals surface area contributed by atoms with Gasteiger partial charge in [0.25, 0.3) is 0 Å². The zero-order valence-corrected chi connectivity index (χ0v) is 17.6. The molecule has 164 valence electrons. The molecule has 0 aliphatic heterocycles. The number of pyridine rings is 1. The minimum absolute atomic E-state index is 0.244. The Labute approximate surface area is 189 Å². The molecule has 8 heteroatoms. The molecule has 0 saturated heterocycles. The largest absolute Gasteiger partial charge is 0.489 e. The van der Waals surface area contributed by atoms with Gasteiger partial charge < -0.3 is 9.47 Å². The van der Waals surface area contributed by atoms with Crippen molar-refractivity contribution in [2.75, 3.05) is 0 Å². The van der Waals surface area contributed by atoms with E-state index in [1.807, 2.05) is 66.7 Å². The number of ether oxygens (including phenoxy) is 2. The number of aromatic nitrogens is 5. The van der Waals surface area contributed by atoms with Gasteiger partial charge in [0.15, 0.2) is 5.82 Å². The van der Waals surface area contributed by atoms with E-state index < -0.39 is 0 Å². The Kier molecular flexibility index (Phi) is 5.88. The van der Waals surface area contributed by atoms with E-state index in [9.17, 15) is 4.39 Å². The van der Waals surface area contributed by atoms with Crippen LogP contribution >= 0.6 is 0 Å². The zero-order valence-electron chi connectivity index (χ0n) is 17.6. The van der Waals surface area contributed by atoms with Crippen LogP contribution in [0.1, 0.15) is 22.6 Å². The smallest absolute Gasteiger partial charge is 0.152 e. The molecule has 0 aliphatic rings. The third kappa shape index (κ3) is 4.95. The molecule has 0 amide bonds. The van der Waals surface area contributed by atoms with Crippen molar-refractivity contribution in [1.82, 2.24) is 25.6 Å². The first-order chi connectivity index (χ1) is 16.2. The van der Waals surface area contributed by atoms with E-state index in [0.29, 0.717) is 35.8 Å². The van der Waals surface area contributed by atoms with Crippen molar-refractivity contribution in [2.45, 2.75) is 19.6 Å². The van der Waals surface area contributed by atoms with Gasteiger partial charge in [0.05, 0.1) is 5.69 Å². The summed E-state index contributed by atoms with van der Waals surface area (Å²) in [6, 6.07) is 24.0. The highest BCUT2D eigenvalue weighted by molar-refractivity contribution is 5.79. The number of hydrogen-bond donors (Lipinski definition) is 1. The molecule has 33 heavy (non-hydrogen) atoms. The minimum atomic E-state index is -0.338. The van der Waals surface area contributed by atoms with Crippen molar-refractivity contribution in [3.05, 3.63) is 107 Å². The molecule has 7 nitrogen and oxygen atoms in total. The maximum absolute atomic E-state index is 14.0. The summed E-state index contributed by atoms with van der Waals surface area (Å²) >= 11 is 0. The lowest BCUT2D eigenvalue weighted by Gasteiger charge is -2.11. The second-order valence-electron chi connectivity index (χ2n) is 7.46. The minimum Gasteiger partial charge on any atom is -0.489 e. The predicted octanol–water partition coefficient (Wildman–Crippen LogP) is 4.64. The number of tetrazole rings is 1. The number of nitrogens with one attached hydrogen (secondary N) is 1. The molecule has 1 N–H and O–H groups in total. The molecule has 5 aromatic rings. The van der Waals surface area contributed by atoms with Gasteiger partial charge in [0.1, 0.15) is 36.0 Å². The Hall–Kier alpha value is -4.33. The maximum atomic E-state index is 14.0. The number of benzene rings is 3. The monoisotopic (exact) mass is 441 g/mol. The molecule has 3 aromatic carbocycles. The Balaban J connectivity index is 1.19. The van der Waals surface area contributed by atoms with Crippen molar-refractivity contribution in [3.8, 4) is 11.5 Å². The Morgan fingerprint density at radius 2 is 1.52 bits per heavy atom. The number of H-pyrrole nitrogens is 1. The van der Waals surface area contributed by atoms with Crippen LogP contribution in [0.4, 0.5) is 4.39 Å². The van der Waals surface area contributed by atoms with Gasteiger partial charge in [-0.15, -0.1) is 5.10 Å². The van der Waals surface area contributed by atoms with Crippen LogP contribution in [0.5, 0.6) is 11.5 Å². The summed E-state index contributed by atoms with van der Waals surface area (Å²) in [5.74, 6) is 1.77. The van der Waals surface area contributed by atoms with E-state index in [1.54, 1.807) is 6.07 Å². The second kappa shape index (κ2) is 9.44. The summed E-state index contributed by atoms with van der Waals surface area (Å²) in [4.78, 5) is 4.37. The molecular formula is C25H20FN5O2. The van der Waals surface area contributed by atoms with E-state index in [1.165, 1.54) is 6.07 Å². The number of hydrogen-bond acceptors (Lipinski definition) is 6. The number of aromatic amines is 1. The van der Waals surface area contributed by atoms with Crippen molar-refractivity contribution in [3.63, 3.8) is 0 Å². The topological polar surface area (TPSA) is 85.8 Å². The maximum Gasteiger partial charge on any atom is 0.152 e. The summed E-state index contributed by atoms with van der Waals surface area (Å²) in [5.41, 5.74) is 3.16. The Morgan fingerprint density at radius 3 is 2.27 bits per heavy atom. The molecule has 0 saturated carbocycles. The quantitative estimate of drug-likeness (QED) is 0.378. The number of nitrogens with zero attached hydrogens (tertiary/aromatic N) is 4. The summed E-state index contributed by atoms with van der Waals surface area (Å²) in [6.07, 6.45) is 0.603. The summed E-state index contributed by atoms with van der Waals surface area (Å²) < 4.78 is 25.7. The first-order valence-corrected chi connectivity index (χ1v) is 10.4. The van der Waals surface area contributed by atoms with Crippen LogP contribution in [0.2, 0.25) is 0 Å². The molecule has 0 aliphatic carbocycles. The Bertz CT molecular complexity index is 1360. The predicted molar refractivity (Wildman–Crippen MR) is 120 cm³/mol. The molecule has 0 unspecified atom stereocenters. The van der Waals surface area contributed by atoms with E-state index in [-0.39, 0.29) is 12.4 Å². The highest BCUT2D eigenvalue weighted by Crippen LogP contribution is 2.22. The van der Waals surface area contributed by atoms with Crippen molar-refractivity contribution in [2.24, 2.45) is 0 Å². The van der Waals surface area contributed by atoms with Gasteiger partial charge >= 0.3 is 0 Å². The standard InChI is InChI=1S/C25H20FN5O2/c26-23-7-3-6-17-8-9-20(27-25(17)23)16-33-22-12-10-21(11-13-22)32-15-19-5-2-1-4-18(19)14-24-28-30-31-29-24/h1-13H,14-16H2,(H,28,29,30,31). The molecule has 2 heterocycles. The number of rotatable bonds is 8. The molecular weight excluding hydrogens is 421 g/mol. The fraction of sp³-hybridized carbons (Fsp3) is 0.120. The van der Waals surface area contributed by atoms with E-state index in [0.717, 1.165) is 22.3 Å². The first-order valence-electron chi connectivity index (χ1n) is 10.4. The second-order valence-corrected chi connectivity index (χ2v) is 7.46. The average Bonchev–Trinajstić information content (AvgIpc) is 3.36. The first kappa shape index (κ1) is 20.6. The lowest BCUT2D eigenvalue weighted by molar-refractivity contribution is 0.294. The van der Waals surface area contributed by atoms with Gasteiger partial charge in [-0.1, -0.05) is 42.5 Å². The summed E-state index contributed by atoms with van der Waals surface area (Å²) in [7, 11) is 0. The highest BCUT2D eigenvalue weighted by atomic mass is 19.1. The van der Waals surface area contributed by atoms with Gasteiger partial charge in [-0.2, -0.15) is 0 Å². The molecule has 2 aromatic heterocycles. The molecule has 0 atom stereocenters. The fourth-order valence-corrected chi connectivity index (χ4v) is 3.49. The third-order valence-electron chi connectivity index (χ3n) is 5.20. The summed E-state index contributed by atoms with van der Waals surface area (Å²) in [5, 5.41) is 14.7. The van der Waals surface area contributed by atoms with Crippen molar-refractivity contribution >= 4 is 10.9 Å². The van der Waals surface area contributed by atoms with Crippen LogP contribution in [0.25, 0.3) is 10.9 Å². The van der Waals surface area contributed by atoms with Gasteiger partial charge in [-0.3, -0.25) is 0 Å². The average molecular weight is 441 g/mol. The van der Waals surface area contributed by atoms with Crippen molar-refractivity contribution in [1.29, 1.82) is 0 Å². The highest BCUT2D eigenvalue weighted by Gasteiger charge is 2.07. The van der Waals surface area contributed by atoms with E-state index >= 15 is 0 Å². The number of halogens is 1. The molecule has 5 rings (SSSR count). The molecule has 0 spiro atoms. The van der Waals surface area contributed by atoms with Gasteiger partial charge in [-0.25, -0.2) is 14.5 Å². The molecule has 0 radical (unpaired) electrons. The van der Waals surface area contributed by atoms with Crippen LogP contribution in [-0.4, -0.2) is 25.6 Å². The van der Waals surface area contributed by atoms with E-state index in [2.05, 4.69) is 25.6 Å².